The highest BCUT2D eigenvalue weighted by Gasteiger charge is 2.59. The van der Waals surface area contributed by atoms with E-state index >= 15 is 0 Å². The van der Waals surface area contributed by atoms with Crippen molar-refractivity contribution in [2.75, 3.05) is 6.61 Å². The summed E-state index contributed by atoms with van der Waals surface area (Å²) in [5, 5.41) is 0. The standard InChI is InChI=1S/C27H42O3/c1-18(28)7-5-6-16-30-21-12-14-26(3)20(17-21)8-9-22-24-11-10-23(19(2)29)27(24,4)15-13-25(22)26/h8,21-25H,5-7,9-17H2,1-4H3/t21-,22-,23+,24-,25-,26-,27+/m0/s1. The normalized spacial score (nSPS) is 42.7. The highest BCUT2D eigenvalue weighted by molar-refractivity contribution is 5.79. The molecule has 4 aliphatic rings. The number of rotatable bonds is 7. The third kappa shape index (κ3) is 3.85. The number of allylic oxidation sites excluding steroid dienone is 1. The summed E-state index contributed by atoms with van der Waals surface area (Å²) < 4.78 is 6.23. The van der Waals surface area contributed by atoms with Crippen molar-refractivity contribution in [3.8, 4) is 0 Å². The van der Waals surface area contributed by atoms with Gasteiger partial charge in [0.15, 0.2) is 0 Å². The average Bonchev–Trinajstić information content (AvgIpc) is 3.05. The Morgan fingerprint density at radius 3 is 2.57 bits per heavy atom. The van der Waals surface area contributed by atoms with E-state index in [0.717, 1.165) is 50.0 Å². The molecule has 0 radical (unpaired) electrons. The van der Waals surface area contributed by atoms with Gasteiger partial charge in [0.25, 0.3) is 0 Å². The van der Waals surface area contributed by atoms with Crippen LogP contribution in [0.5, 0.6) is 0 Å². The number of ketones is 2. The van der Waals surface area contributed by atoms with Crippen LogP contribution in [0.25, 0.3) is 0 Å². The Morgan fingerprint density at radius 2 is 1.83 bits per heavy atom. The van der Waals surface area contributed by atoms with Crippen LogP contribution in [0.15, 0.2) is 11.6 Å². The third-order valence-corrected chi connectivity index (χ3v) is 9.83. The maximum atomic E-state index is 12.3. The van der Waals surface area contributed by atoms with Gasteiger partial charge in [-0.2, -0.15) is 0 Å². The molecule has 0 amide bonds. The second kappa shape index (κ2) is 8.52. The molecule has 0 aromatic heterocycles. The molecule has 0 aromatic carbocycles. The Labute approximate surface area is 183 Å². The van der Waals surface area contributed by atoms with Crippen LogP contribution in [0, 0.1) is 34.5 Å². The van der Waals surface area contributed by atoms with Gasteiger partial charge in [-0.15, -0.1) is 0 Å². The second-order valence-electron chi connectivity index (χ2n) is 11.4. The number of hydrogen-bond acceptors (Lipinski definition) is 3. The molecule has 168 valence electrons. The van der Waals surface area contributed by atoms with Crippen molar-refractivity contribution in [3.05, 3.63) is 11.6 Å². The first kappa shape index (κ1) is 22.2. The minimum Gasteiger partial charge on any atom is -0.378 e. The lowest BCUT2D eigenvalue weighted by Gasteiger charge is -2.58. The molecule has 0 aliphatic heterocycles. The predicted octanol–water partition coefficient (Wildman–Crippen LogP) is 6.30. The molecule has 7 atom stereocenters. The van der Waals surface area contributed by atoms with Crippen LogP contribution < -0.4 is 0 Å². The topological polar surface area (TPSA) is 43.4 Å². The van der Waals surface area contributed by atoms with Crippen molar-refractivity contribution >= 4 is 11.6 Å². The van der Waals surface area contributed by atoms with E-state index in [1.165, 1.54) is 38.5 Å². The molecule has 0 aromatic rings. The molecular weight excluding hydrogens is 372 g/mol. The molecular formula is C27H42O3. The number of hydrogen-bond donors (Lipinski definition) is 0. The molecule has 0 spiro atoms. The van der Waals surface area contributed by atoms with Crippen molar-refractivity contribution in [1.29, 1.82) is 0 Å². The van der Waals surface area contributed by atoms with Crippen LogP contribution in [0.3, 0.4) is 0 Å². The van der Waals surface area contributed by atoms with Crippen molar-refractivity contribution in [1.82, 2.24) is 0 Å². The van der Waals surface area contributed by atoms with Crippen molar-refractivity contribution in [2.45, 2.75) is 104 Å². The van der Waals surface area contributed by atoms with Crippen LogP contribution in [-0.2, 0) is 14.3 Å². The smallest absolute Gasteiger partial charge is 0.133 e. The minimum absolute atomic E-state index is 0.245. The monoisotopic (exact) mass is 414 g/mol. The van der Waals surface area contributed by atoms with E-state index in [4.69, 9.17) is 4.74 Å². The van der Waals surface area contributed by atoms with Crippen LogP contribution in [0.2, 0.25) is 0 Å². The maximum Gasteiger partial charge on any atom is 0.133 e. The predicted molar refractivity (Wildman–Crippen MR) is 120 cm³/mol. The van der Waals surface area contributed by atoms with Gasteiger partial charge in [-0.1, -0.05) is 25.5 Å². The SMILES string of the molecule is CC(=O)CCCCO[C@H]1CC[C@@]2(C)C(=CC[C@H]3[C@@H]4CC[C@H](C(C)=O)[C@@]4(C)CC[C@@H]32)C1. The molecule has 4 aliphatic carbocycles. The number of carbonyl (C=O) groups excluding carboxylic acids is 2. The molecule has 0 bridgehead atoms. The van der Waals surface area contributed by atoms with Crippen LogP contribution in [0.1, 0.15) is 98.3 Å². The van der Waals surface area contributed by atoms with Gasteiger partial charge in [0.2, 0.25) is 0 Å². The number of unbranched alkanes of at least 4 members (excludes halogenated alkanes) is 1. The number of carbonyl (C=O) groups is 2. The lowest BCUT2D eigenvalue weighted by Crippen LogP contribution is -2.51. The molecule has 0 saturated heterocycles. The van der Waals surface area contributed by atoms with Crippen LogP contribution in [0.4, 0.5) is 0 Å². The van der Waals surface area contributed by atoms with Gasteiger partial charge in [-0.05, 0) is 107 Å². The fraction of sp³-hybridized carbons (Fsp3) is 0.852. The Balaban J connectivity index is 1.40. The fourth-order valence-electron chi connectivity index (χ4n) is 8.16. The minimum atomic E-state index is 0.245. The first-order valence-electron chi connectivity index (χ1n) is 12.6. The van der Waals surface area contributed by atoms with E-state index in [1.54, 1.807) is 12.5 Å². The highest BCUT2D eigenvalue weighted by Crippen LogP contribution is 2.66. The molecule has 3 nitrogen and oxygen atoms in total. The van der Waals surface area contributed by atoms with Gasteiger partial charge in [0.1, 0.15) is 11.6 Å². The van der Waals surface area contributed by atoms with Crippen LogP contribution >= 0.6 is 0 Å². The summed E-state index contributed by atoms with van der Waals surface area (Å²) >= 11 is 0. The molecule has 3 saturated carbocycles. The molecule has 3 heteroatoms. The zero-order valence-corrected chi connectivity index (χ0v) is 19.7. The van der Waals surface area contributed by atoms with Gasteiger partial charge in [0, 0.05) is 18.9 Å². The summed E-state index contributed by atoms with van der Waals surface area (Å²) in [4.78, 5) is 23.4. The highest BCUT2D eigenvalue weighted by atomic mass is 16.5. The summed E-state index contributed by atoms with van der Waals surface area (Å²) in [6, 6.07) is 0. The summed E-state index contributed by atoms with van der Waals surface area (Å²) in [5.41, 5.74) is 2.25. The van der Waals surface area contributed by atoms with Crippen molar-refractivity contribution < 1.29 is 14.3 Å². The third-order valence-electron chi connectivity index (χ3n) is 9.83. The maximum absolute atomic E-state index is 12.3. The molecule has 0 unspecified atom stereocenters. The Hall–Kier alpha value is -0.960. The summed E-state index contributed by atoms with van der Waals surface area (Å²) in [7, 11) is 0. The van der Waals surface area contributed by atoms with E-state index < -0.39 is 0 Å². The Kier molecular flexibility index (Phi) is 6.32. The van der Waals surface area contributed by atoms with E-state index in [2.05, 4.69) is 19.9 Å². The lowest BCUT2D eigenvalue weighted by atomic mass is 9.47. The van der Waals surface area contributed by atoms with E-state index in [0.29, 0.717) is 29.6 Å². The Morgan fingerprint density at radius 1 is 1.03 bits per heavy atom. The molecule has 0 N–H and O–H groups in total. The van der Waals surface area contributed by atoms with Gasteiger partial charge in [0.05, 0.1) is 6.10 Å². The number of fused-ring (bicyclic) bond motifs is 5. The number of Topliss-reactive ketones (excluding diaryl/α,β-unsaturated/α-hetero) is 2. The molecule has 0 heterocycles. The second-order valence-corrected chi connectivity index (χ2v) is 11.4. The lowest BCUT2D eigenvalue weighted by molar-refractivity contribution is -0.127. The van der Waals surface area contributed by atoms with E-state index in [9.17, 15) is 9.59 Å². The summed E-state index contributed by atoms with van der Waals surface area (Å²) in [6.07, 6.45) is 15.2. The fourth-order valence-corrected chi connectivity index (χ4v) is 8.16. The largest absolute Gasteiger partial charge is 0.378 e. The van der Waals surface area contributed by atoms with Gasteiger partial charge in [-0.25, -0.2) is 0 Å². The molecule has 3 fully saturated rings. The van der Waals surface area contributed by atoms with Crippen molar-refractivity contribution in [3.63, 3.8) is 0 Å². The molecule has 30 heavy (non-hydrogen) atoms. The van der Waals surface area contributed by atoms with Crippen molar-refractivity contribution in [2.24, 2.45) is 34.5 Å². The quantitative estimate of drug-likeness (QED) is 0.363. The zero-order valence-electron chi connectivity index (χ0n) is 19.7. The Bertz CT molecular complexity index is 709. The first-order chi connectivity index (χ1) is 14.3. The first-order valence-corrected chi connectivity index (χ1v) is 12.6. The summed E-state index contributed by atoms with van der Waals surface area (Å²) in [6.45, 7) is 9.27. The van der Waals surface area contributed by atoms with Gasteiger partial charge < -0.3 is 9.53 Å². The zero-order chi connectivity index (χ0) is 21.5. The van der Waals surface area contributed by atoms with E-state index in [1.807, 2.05) is 6.92 Å². The average molecular weight is 415 g/mol. The van der Waals surface area contributed by atoms with E-state index in [-0.39, 0.29) is 11.2 Å². The van der Waals surface area contributed by atoms with Gasteiger partial charge >= 0.3 is 0 Å². The summed E-state index contributed by atoms with van der Waals surface area (Å²) in [5.74, 6) is 3.30. The molecule has 4 rings (SSSR count). The van der Waals surface area contributed by atoms with Gasteiger partial charge in [-0.3, -0.25) is 4.79 Å². The number of ether oxygens (including phenoxy) is 1. The van der Waals surface area contributed by atoms with Crippen LogP contribution in [-0.4, -0.2) is 24.3 Å².